The largest absolute Gasteiger partial charge is 0.388 e. The molecule has 0 aliphatic heterocycles. The summed E-state index contributed by atoms with van der Waals surface area (Å²) in [7, 11) is 1.87. The Bertz CT molecular complexity index is 328. The van der Waals surface area contributed by atoms with Gasteiger partial charge in [0.1, 0.15) is 5.75 Å². The van der Waals surface area contributed by atoms with Gasteiger partial charge < -0.3 is 10.1 Å². The van der Waals surface area contributed by atoms with Crippen molar-refractivity contribution in [1.29, 1.82) is 5.26 Å². The Morgan fingerprint density at radius 1 is 1.54 bits per heavy atom. The van der Waals surface area contributed by atoms with Crippen LogP contribution < -0.4 is 10.1 Å². The van der Waals surface area contributed by atoms with Gasteiger partial charge in [-0.2, -0.15) is 0 Å². The number of rotatable bonds is 3. The molecule has 0 spiro atoms. The highest BCUT2D eigenvalue weighted by Gasteiger charge is 2.00. The van der Waals surface area contributed by atoms with Crippen LogP contribution in [0.2, 0.25) is 0 Å². The zero-order chi connectivity index (χ0) is 9.68. The molecule has 1 aromatic rings. The number of ether oxygens (including phenoxy) is 1. The third-order valence-electron chi connectivity index (χ3n) is 1.89. The van der Waals surface area contributed by atoms with E-state index in [1.54, 1.807) is 12.3 Å². The smallest absolute Gasteiger partial charge is 0.292 e. The molecule has 1 rings (SSSR count). The van der Waals surface area contributed by atoms with E-state index < -0.39 is 0 Å². The van der Waals surface area contributed by atoms with E-state index in [0.717, 1.165) is 17.7 Å². The predicted molar refractivity (Wildman–Crippen MR) is 51.6 cm³/mol. The zero-order valence-electron chi connectivity index (χ0n) is 7.79. The summed E-state index contributed by atoms with van der Waals surface area (Å²) in [6.45, 7) is 2.06. The molecular weight excluding hydrogens is 164 g/mol. The Morgan fingerprint density at radius 3 is 2.85 bits per heavy atom. The maximum absolute atomic E-state index is 8.32. The minimum Gasteiger partial charge on any atom is -0.388 e. The first-order chi connectivity index (χ1) is 6.31. The molecule has 0 saturated heterocycles. The third kappa shape index (κ3) is 2.12. The second-order valence-electron chi connectivity index (χ2n) is 2.62. The van der Waals surface area contributed by atoms with Crippen molar-refractivity contribution >= 4 is 5.69 Å². The minimum absolute atomic E-state index is 0.596. The molecule has 0 unspecified atom stereocenters. The SMILES string of the molecule is CCc1cc(OC#N)ccc1NC. The fourth-order valence-corrected chi connectivity index (χ4v) is 1.22. The lowest BCUT2D eigenvalue weighted by molar-refractivity contribution is 0.506. The van der Waals surface area contributed by atoms with Crippen LogP contribution in [0.25, 0.3) is 0 Å². The maximum atomic E-state index is 8.32. The average Bonchev–Trinajstić information content (AvgIpc) is 2.18. The van der Waals surface area contributed by atoms with Gasteiger partial charge in [0.25, 0.3) is 6.26 Å². The fourth-order valence-electron chi connectivity index (χ4n) is 1.22. The summed E-state index contributed by atoms with van der Waals surface area (Å²) in [5.74, 6) is 0.596. The van der Waals surface area contributed by atoms with Gasteiger partial charge in [0, 0.05) is 12.7 Å². The zero-order valence-corrected chi connectivity index (χ0v) is 7.79. The molecule has 0 bridgehead atoms. The van der Waals surface area contributed by atoms with Gasteiger partial charge in [-0.05, 0) is 30.2 Å². The lowest BCUT2D eigenvalue weighted by Gasteiger charge is -2.07. The molecule has 0 atom stereocenters. The van der Waals surface area contributed by atoms with Gasteiger partial charge in [-0.15, -0.1) is 5.26 Å². The van der Waals surface area contributed by atoms with Crippen molar-refractivity contribution in [2.45, 2.75) is 13.3 Å². The van der Waals surface area contributed by atoms with E-state index in [1.807, 2.05) is 19.2 Å². The summed E-state index contributed by atoms with van der Waals surface area (Å²) in [5.41, 5.74) is 2.23. The Kier molecular flexibility index (Phi) is 3.15. The van der Waals surface area contributed by atoms with E-state index in [2.05, 4.69) is 12.2 Å². The van der Waals surface area contributed by atoms with E-state index in [-0.39, 0.29) is 0 Å². The van der Waals surface area contributed by atoms with Crippen LogP contribution in [0.4, 0.5) is 5.69 Å². The summed E-state index contributed by atoms with van der Waals surface area (Å²) in [5, 5.41) is 11.4. The first-order valence-corrected chi connectivity index (χ1v) is 4.18. The van der Waals surface area contributed by atoms with E-state index in [9.17, 15) is 0 Å². The summed E-state index contributed by atoms with van der Waals surface area (Å²) < 4.78 is 4.73. The molecule has 3 nitrogen and oxygen atoms in total. The first kappa shape index (κ1) is 9.40. The maximum Gasteiger partial charge on any atom is 0.292 e. The van der Waals surface area contributed by atoms with Crippen molar-refractivity contribution in [3.63, 3.8) is 0 Å². The predicted octanol–water partition coefficient (Wildman–Crippen LogP) is 2.15. The molecule has 68 valence electrons. The van der Waals surface area contributed by atoms with Gasteiger partial charge in [-0.3, -0.25) is 0 Å². The first-order valence-electron chi connectivity index (χ1n) is 4.18. The molecular formula is C10H12N2O. The number of hydrogen-bond acceptors (Lipinski definition) is 3. The molecule has 0 amide bonds. The molecule has 0 saturated carbocycles. The highest BCUT2D eigenvalue weighted by Crippen LogP contribution is 2.21. The van der Waals surface area contributed by atoms with Gasteiger partial charge in [0.2, 0.25) is 0 Å². The summed E-state index contributed by atoms with van der Waals surface area (Å²) in [4.78, 5) is 0. The van der Waals surface area contributed by atoms with Gasteiger partial charge in [0.15, 0.2) is 0 Å². The molecule has 1 N–H and O–H groups in total. The number of hydrogen-bond donors (Lipinski definition) is 1. The van der Waals surface area contributed by atoms with E-state index in [4.69, 9.17) is 10.00 Å². The number of nitriles is 1. The highest BCUT2D eigenvalue weighted by atomic mass is 16.5. The molecule has 1 aromatic carbocycles. The van der Waals surface area contributed by atoms with Crippen LogP contribution in [-0.4, -0.2) is 7.05 Å². The van der Waals surface area contributed by atoms with E-state index in [1.165, 1.54) is 0 Å². The van der Waals surface area contributed by atoms with Crippen molar-refractivity contribution < 1.29 is 4.74 Å². The second-order valence-corrected chi connectivity index (χ2v) is 2.62. The minimum atomic E-state index is 0.596. The van der Waals surface area contributed by atoms with E-state index in [0.29, 0.717) is 5.75 Å². The molecule has 13 heavy (non-hydrogen) atoms. The standard InChI is InChI=1S/C10H12N2O/c1-3-8-6-9(13-7-11)4-5-10(8)12-2/h4-6,12H,3H2,1-2H3. The van der Waals surface area contributed by atoms with Crippen LogP contribution in [0.3, 0.4) is 0 Å². The van der Waals surface area contributed by atoms with Crippen molar-refractivity contribution in [1.82, 2.24) is 0 Å². The van der Waals surface area contributed by atoms with Crippen molar-refractivity contribution in [2.75, 3.05) is 12.4 Å². The monoisotopic (exact) mass is 176 g/mol. The van der Waals surface area contributed by atoms with Gasteiger partial charge in [0.05, 0.1) is 0 Å². The molecule has 0 aromatic heterocycles. The lowest BCUT2D eigenvalue weighted by atomic mass is 10.1. The van der Waals surface area contributed by atoms with E-state index >= 15 is 0 Å². The Labute approximate surface area is 77.9 Å². The number of nitrogens with one attached hydrogen (secondary N) is 1. The van der Waals surface area contributed by atoms with Crippen LogP contribution >= 0.6 is 0 Å². The summed E-state index contributed by atoms with van der Waals surface area (Å²) in [6.07, 6.45) is 2.57. The second kappa shape index (κ2) is 4.36. The Balaban J connectivity index is 3.00. The average molecular weight is 176 g/mol. The quantitative estimate of drug-likeness (QED) is 0.718. The van der Waals surface area contributed by atoms with Gasteiger partial charge >= 0.3 is 0 Å². The Morgan fingerprint density at radius 2 is 2.31 bits per heavy atom. The van der Waals surface area contributed by atoms with Crippen LogP contribution in [0.15, 0.2) is 18.2 Å². The Hall–Kier alpha value is -1.69. The van der Waals surface area contributed by atoms with Crippen molar-refractivity contribution in [3.05, 3.63) is 23.8 Å². The third-order valence-corrected chi connectivity index (χ3v) is 1.89. The molecule has 0 aliphatic carbocycles. The van der Waals surface area contributed by atoms with Crippen LogP contribution in [0, 0.1) is 11.5 Å². The summed E-state index contributed by atoms with van der Waals surface area (Å²) in [6, 6.07) is 5.55. The number of benzene rings is 1. The topological polar surface area (TPSA) is 45.0 Å². The van der Waals surface area contributed by atoms with Crippen molar-refractivity contribution in [3.8, 4) is 12.0 Å². The summed E-state index contributed by atoms with van der Waals surface area (Å²) >= 11 is 0. The molecule has 0 heterocycles. The number of aryl methyl sites for hydroxylation is 1. The van der Waals surface area contributed by atoms with Gasteiger partial charge in [-0.1, -0.05) is 6.92 Å². The van der Waals surface area contributed by atoms with Gasteiger partial charge in [-0.25, -0.2) is 0 Å². The fraction of sp³-hybridized carbons (Fsp3) is 0.300. The van der Waals surface area contributed by atoms with Crippen LogP contribution in [0.5, 0.6) is 5.75 Å². The molecule has 3 heteroatoms. The highest BCUT2D eigenvalue weighted by molar-refractivity contribution is 5.53. The van der Waals surface area contributed by atoms with Crippen molar-refractivity contribution in [2.24, 2.45) is 0 Å². The number of anilines is 1. The normalized spacial score (nSPS) is 9.00. The molecule has 0 radical (unpaired) electrons. The molecule has 0 aliphatic rings. The van der Waals surface area contributed by atoms with Crippen LogP contribution in [0.1, 0.15) is 12.5 Å². The molecule has 0 fully saturated rings. The number of nitrogens with zero attached hydrogens (tertiary/aromatic N) is 1. The van der Waals surface area contributed by atoms with Crippen LogP contribution in [-0.2, 0) is 6.42 Å². The lowest BCUT2D eigenvalue weighted by Crippen LogP contribution is -1.94.